The fourth-order valence-electron chi connectivity index (χ4n) is 2.42. The van der Waals surface area contributed by atoms with Crippen LogP contribution >= 0.6 is 0 Å². The SMILES string of the molecule is CCCC[C@H](O)CCN1CCN(C(C)C)CC1. The van der Waals surface area contributed by atoms with Gasteiger partial charge >= 0.3 is 0 Å². The number of hydrogen-bond donors (Lipinski definition) is 1. The van der Waals surface area contributed by atoms with Gasteiger partial charge in [-0.2, -0.15) is 0 Å². The Morgan fingerprint density at radius 3 is 2.24 bits per heavy atom. The first-order valence-electron chi connectivity index (χ1n) is 7.28. The lowest BCUT2D eigenvalue weighted by Crippen LogP contribution is -2.49. The average Bonchev–Trinajstić information content (AvgIpc) is 2.34. The van der Waals surface area contributed by atoms with Crippen LogP contribution in [0.3, 0.4) is 0 Å². The molecule has 1 rings (SSSR count). The fourth-order valence-corrected chi connectivity index (χ4v) is 2.42. The Kier molecular flexibility index (Phi) is 7.09. The summed E-state index contributed by atoms with van der Waals surface area (Å²) in [5.41, 5.74) is 0. The summed E-state index contributed by atoms with van der Waals surface area (Å²) in [4.78, 5) is 5.03. The van der Waals surface area contributed by atoms with Gasteiger partial charge in [0.25, 0.3) is 0 Å². The molecule has 1 aliphatic heterocycles. The number of aliphatic hydroxyl groups excluding tert-OH is 1. The molecule has 1 aliphatic rings. The van der Waals surface area contributed by atoms with Gasteiger partial charge in [0.1, 0.15) is 0 Å². The first-order chi connectivity index (χ1) is 8.13. The summed E-state index contributed by atoms with van der Waals surface area (Å²) < 4.78 is 0. The maximum atomic E-state index is 9.81. The van der Waals surface area contributed by atoms with Crippen molar-refractivity contribution in [2.75, 3.05) is 32.7 Å². The Bertz CT molecular complexity index is 189. The highest BCUT2D eigenvalue weighted by molar-refractivity contribution is 4.74. The van der Waals surface area contributed by atoms with E-state index >= 15 is 0 Å². The Hall–Kier alpha value is -0.120. The summed E-state index contributed by atoms with van der Waals surface area (Å²) >= 11 is 0. The molecule has 0 saturated carbocycles. The molecule has 3 heteroatoms. The Morgan fingerprint density at radius 2 is 1.71 bits per heavy atom. The van der Waals surface area contributed by atoms with Crippen molar-refractivity contribution in [1.29, 1.82) is 0 Å². The zero-order chi connectivity index (χ0) is 12.7. The number of unbranched alkanes of at least 4 members (excludes halogenated alkanes) is 1. The molecule has 0 amide bonds. The minimum atomic E-state index is -0.0851. The van der Waals surface area contributed by atoms with E-state index in [9.17, 15) is 5.11 Å². The van der Waals surface area contributed by atoms with Crippen molar-refractivity contribution in [1.82, 2.24) is 9.80 Å². The Balaban J connectivity index is 2.09. The lowest BCUT2D eigenvalue weighted by molar-refractivity contribution is 0.0851. The molecule has 1 saturated heterocycles. The van der Waals surface area contributed by atoms with Crippen molar-refractivity contribution in [3.05, 3.63) is 0 Å². The monoisotopic (exact) mass is 242 g/mol. The van der Waals surface area contributed by atoms with Crippen LogP contribution in [0.1, 0.15) is 46.5 Å². The second-order valence-electron chi connectivity index (χ2n) is 5.56. The maximum absolute atomic E-state index is 9.81. The van der Waals surface area contributed by atoms with Gasteiger partial charge in [0.2, 0.25) is 0 Å². The number of rotatable bonds is 7. The molecular weight excluding hydrogens is 212 g/mol. The standard InChI is InChI=1S/C14H30N2O/c1-4-5-6-14(17)7-8-15-9-11-16(12-10-15)13(2)3/h13-14,17H,4-12H2,1-3H3/t14-/m0/s1. The molecule has 17 heavy (non-hydrogen) atoms. The number of nitrogens with zero attached hydrogens (tertiary/aromatic N) is 2. The highest BCUT2D eigenvalue weighted by Crippen LogP contribution is 2.09. The highest BCUT2D eigenvalue weighted by atomic mass is 16.3. The summed E-state index contributed by atoms with van der Waals surface area (Å²) in [7, 11) is 0. The second kappa shape index (κ2) is 8.06. The topological polar surface area (TPSA) is 26.7 Å². The quantitative estimate of drug-likeness (QED) is 0.739. The van der Waals surface area contributed by atoms with Gasteiger partial charge in [-0.15, -0.1) is 0 Å². The molecule has 1 heterocycles. The number of piperazine rings is 1. The minimum Gasteiger partial charge on any atom is -0.393 e. The molecule has 0 aromatic heterocycles. The van der Waals surface area contributed by atoms with Gasteiger partial charge in [-0.1, -0.05) is 19.8 Å². The maximum Gasteiger partial charge on any atom is 0.0552 e. The van der Waals surface area contributed by atoms with Crippen molar-refractivity contribution in [3.8, 4) is 0 Å². The van der Waals surface area contributed by atoms with Crippen molar-refractivity contribution in [2.45, 2.75) is 58.6 Å². The molecule has 102 valence electrons. The van der Waals surface area contributed by atoms with E-state index in [-0.39, 0.29) is 6.10 Å². The Morgan fingerprint density at radius 1 is 1.06 bits per heavy atom. The molecule has 0 unspecified atom stereocenters. The van der Waals surface area contributed by atoms with Crippen molar-refractivity contribution >= 4 is 0 Å². The smallest absolute Gasteiger partial charge is 0.0552 e. The van der Waals surface area contributed by atoms with Crippen LogP contribution in [0.5, 0.6) is 0 Å². The van der Waals surface area contributed by atoms with Crippen molar-refractivity contribution < 1.29 is 5.11 Å². The van der Waals surface area contributed by atoms with Crippen LogP contribution in [0.25, 0.3) is 0 Å². The first-order valence-corrected chi connectivity index (χ1v) is 7.28. The summed E-state index contributed by atoms with van der Waals surface area (Å²) in [6, 6.07) is 0.673. The summed E-state index contributed by atoms with van der Waals surface area (Å²) in [6.45, 7) is 12.5. The molecule has 3 nitrogen and oxygen atoms in total. The lowest BCUT2D eigenvalue weighted by Gasteiger charge is -2.37. The van der Waals surface area contributed by atoms with Gasteiger partial charge < -0.3 is 10.0 Å². The molecule has 1 atom stereocenters. The van der Waals surface area contributed by atoms with Gasteiger partial charge in [-0.3, -0.25) is 4.90 Å². The normalized spacial score (nSPS) is 21.0. The predicted molar refractivity (Wildman–Crippen MR) is 73.3 cm³/mol. The third-order valence-electron chi connectivity index (χ3n) is 3.81. The first kappa shape index (κ1) is 14.9. The zero-order valence-electron chi connectivity index (χ0n) is 11.9. The van der Waals surface area contributed by atoms with Crippen LogP contribution in [-0.2, 0) is 0 Å². The van der Waals surface area contributed by atoms with Crippen LogP contribution in [0, 0.1) is 0 Å². The van der Waals surface area contributed by atoms with E-state index in [1.54, 1.807) is 0 Å². The Labute approximate surface area is 107 Å². The molecule has 0 spiro atoms. The molecule has 0 aromatic carbocycles. The van der Waals surface area contributed by atoms with E-state index in [1.165, 1.54) is 32.6 Å². The number of hydrogen-bond acceptors (Lipinski definition) is 3. The van der Waals surface area contributed by atoms with E-state index < -0.39 is 0 Å². The van der Waals surface area contributed by atoms with Gasteiger partial charge in [0.05, 0.1) is 6.10 Å². The summed E-state index contributed by atoms with van der Waals surface area (Å²) in [5, 5.41) is 9.81. The molecule has 1 N–H and O–H groups in total. The van der Waals surface area contributed by atoms with Crippen LogP contribution in [-0.4, -0.2) is 59.8 Å². The molecular formula is C14H30N2O. The van der Waals surface area contributed by atoms with E-state index in [0.29, 0.717) is 6.04 Å². The third-order valence-corrected chi connectivity index (χ3v) is 3.81. The third kappa shape index (κ3) is 5.84. The minimum absolute atomic E-state index is 0.0851. The zero-order valence-corrected chi connectivity index (χ0v) is 11.9. The van der Waals surface area contributed by atoms with Gasteiger partial charge in [0.15, 0.2) is 0 Å². The summed E-state index contributed by atoms with van der Waals surface area (Å²) in [5.74, 6) is 0. The van der Waals surface area contributed by atoms with E-state index in [1.807, 2.05) is 0 Å². The van der Waals surface area contributed by atoms with Crippen molar-refractivity contribution in [3.63, 3.8) is 0 Å². The molecule has 0 radical (unpaired) electrons. The van der Waals surface area contributed by atoms with E-state index in [4.69, 9.17) is 0 Å². The summed E-state index contributed by atoms with van der Waals surface area (Å²) in [6.07, 6.45) is 4.18. The molecule has 0 bridgehead atoms. The predicted octanol–water partition coefficient (Wildman–Crippen LogP) is 1.95. The van der Waals surface area contributed by atoms with Crippen LogP contribution in [0.15, 0.2) is 0 Å². The molecule has 0 aliphatic carbocycles. The van der Waals surface area contributed by atoms with Gasteiger partial charge in [-0.25, -0.2) is 0 Å². The van der Waals surface area contributed by atoms with E-state index in [2.05, 4.69) is 30.6 Å². The highest BCUT2D eigenvalue weighted by Gasteiger charge is 2.18. The lowest BCUT2D eigenvalue weighted by atomic mass is 10.1. The largest absolute Gasteiger partial charge is 0.393 e. The number of aliphatic hydroxyl groups is 1. The second-order valence-corrected chi connectivity index (χ2v) is 5.56. The van der Waals surface area contributed by atoms with Gasteiger partial charge in [0, 0.05) is 38.8 Å². The molecule has 0 aromatic rings. The van der Waals surface area contributed by atoms with Crippen LogP contribution < -0.4 is 0 Å². The van der Waals surface area contributed by atoms with Gasteiger partial charge in [-0.05, 0) is 26.7 Å². The average molecular weight is 242 g/mol. The van der Waals surface area contributed by atoms with Crippen LogP contribution in [0.4, 0.5) is 0 Å². The fraction of sp³-hybridized carbons (Fsp3) is 1.00. The van der Waals surface area contributed by atoms with E-state index in [0.717, 1.165) is 25.8 Å². The molecule has 1 fully saturated rings. The van der Waals surface area contributed by atoms with Crippen molar-refractivity contribution in [2.24, 2.45) is 0 Å². The van der Waals surface area contributed by atoms with Crippen LogP contribution in [0.2, 0.25) is 0 Å².